The van der Waals surface area contributed by atoms with Crippen molar-refractivity contribution in [2.75, 3.05) is 6.54 Å². The molecule has 6 heteroatoms. The maximum absolute atomic E-state index is 11.6. The summed E-state index contributed by atoms with van der Waals surface area (Å²) in [7, 11) is 0. The minimum atomic E-state index is -0.557. The number of carbonyl (C=O) groups excluding carboxylic acids is 2. The van der Waals surface area contributed by atoms with Crippen molar-refractivity contribution in [1.82, 2.24) is 10.3 Å². The average molecular weight is 289 g/mol. The summed E-state index contributed by atoms with van der Waals surface area (Å²) in [5.74, 6) is -0.810. The van der Waals surface area contributed by atoms with Gasteiger partial charge in [0.1, 0.15) is 5.01 Å². The van der Waals surface area contributed by atoms with E-state index in [9.17, 15) is 9.59 Å². The number of rotatable bonds is 5. The normalized spacial score (nSPS) is 11.1. The highest BCUT2D eigenvalue weighted by atomic mass is 32.1. The van der Waals surface area contributed by atoms with Gasteiger partial charge in [-0.2, -0.15) is 0 Å². The van der Waals surface area contributed by atoms with E-state index < -0.39 is 5.91 Å². The van der Waals surface area contributed by atoms with E-state index in [1.165, 1.54) is 11.3 Å². The molecule has 0 aliphatic heterocycles. The molecule has 1 aromatic heterocycles. The van der Waals surface area contributed by atoms with E-state index in [0.29, 0.717) is 0 Å². The molecule has 5 nitrogen and oxygen atoms in total. The van der Waals surface area contributed by atoms with E-state index in [-0.39, 0.29) is 18.9 Å². The minimum absolute atomic E-state index is 0.144. The second-order valence-corrected chi connectivity index (χ2v) is 5.37. The van der Waals surface area contributed by atoms with Gasteiger partial charge in [0.2, 0.25) is 11.8 Å². The first-order chi connectivity index (χ1) is 9.58. The van der Waals surface area contributed by atoms with Gasteiger partial charge in [0.05, 0.1) is 23.2 Å². The van der Waals surface area contributed by atoms with Crippen LogP contribution in [-0.4, -0.2) is 23.3 Å². The van der Waals surface area contributed by atoms with Crippen LogP contribution in [0.5, 0.6) is 0 Å². The highest BCUT2D eigenvalue weighted by molar-refractivity contribution is 7.18. The van der Waals surface area contributed by atoms with Gasteiger partial charge in [-0.25, -0.2) is 4.98 Å². The molecule has 0 saturated carbocycles. The molecule has 0 fully saturated rings. The zero-order chi connectivity index (χ0) is 14.5. The fraction of sp³-hybridized carbons (Fsp3) is 0.214. The van der Waals surface area contributed by atoms with Crippen molar-refractivity contribution < 1.29 is 9.59 Å². The Hall–Kier alpha value is -2.21. The number of carbonyl (C=O) groups is 2. The molecule has 3 N–H and O–H groups in total. The number of nitrogens with two attached hydrogens (primary N) is 1. The standard InChI is InChI=1S/C14H15N3O2S/c1-2-3-9-4-5-10-11(6-9)20-14(17-10)7-13(19)16-8-12(15)18/h2-6H,7-8H2,1H3,(H2,15,18)(H,16,19)/b3-2+. The second-order valence-electron chi connectivity index (χ2n) is 4.25. The quantitative estimate of drug-likeness (QED) is 0.874. The monoisotopic (exact) mass is 289 g/mol. The molecule has 2 aromatic rings. The van der Waals surface area contributed by atoms with Crippen LogP contribution in [0.25, 0.3) is 16.3 Å². The highest BCUT2D eigenvalue weighted by Gasteiger charge is 2.09. The number of amides is 2. The molecule has 20 heavy (non-hydrogen) atoms. The van der Waals surface area contributed by atoms with Crippen molar-refractivity contribution in [3.63, 3.8) is 0 Å². The zero-order valence-corrected chi connectivity index (χ0v) is 11.9. The zero-order valence-electron chi connectivity index (χ0n) is 11.1. The summed E-state index contributed by atoms with van der Waals surface area (Å²) in [5, 5.41) is 3.17. The first-order valence-corrected chi connectivity index (χ1v) is 6.97. The molecular formula is C14H15N3O2S. The lowest BCUT2D eigenvalue weighted by Crippen LogP contribution is -2.34. The van der Waals surface area contributed by atoms with Crippen molar-refractivity contribution in [2.45, 2.75) is 13.3 Å². The van der Waals surface area contributed by atoms with E-state index in [1.807, 2.05) is 37.3 Å². The summed E-state index contributed by atoms with van der Waals surface area (Å²) in [5.41, 5.74) is 6.95. The van der Waals surface area contributed by atoms with E-state index in [0.717, 1.165) is 20.8 Å². The van der Waals surface area contributed by atoms with Gasteiger partial charge in [0.25, 0.3) is 0 Å². The van der Waals surface area contributed by atoms with Gasteiger partial charge < -0.3 is 11.1 Å². The van der Waals surface area contributed by atoms with Gasteiger partial charge in [0, 0.05) is 0 Å². The van der Waals surface area contributed by atoms with Crippen LogP contribution in [0.2, 0.25) is 0 Å². The minimum Gasteiger partial charge on any atom is -0.368 e. The number of hydrogen-bond donors (Lipinski definition) is 2. The molecule has 0 saturated heterocycles. The van der Waals surface area contributed by atoms with Crippen LogP contribution in [0.15, 0.2) is 24.3 Å². The van der Waals surface area contributed by atoms with Crippen molar-refractivity contribution in [3.05, 3.63) is 34.8 Å². The van der Waals surface area contributed by atoms with Crippen molar-refractivity contribution in [1.29, 1.82) is 0 Å². The Morgan fingerprint density at radius 1 is 1.45 bits per heavy atom. The molecule has 0 unspecified atom stereocenters. The number of aromatic nitrogens is 1. The molecule has 2 amide bonds. The second kappa shape index (κ2) is 6.29. The molecule has 2 rings (SSSR count). The fourth-order valence-electron chi connectivity index (χ4n) is 1.75. The SMILES string of the molecule is C/C=C/c1ccc2nc(CC(=O)NCC(N)=O)sc2c1. The van der Waals surface area contributed by atoms with E-state index in [4.69, 9.17) is 5.73 Å². The van der Waals surface area contributed by atoms with Crippen LogP contribution < -0.4 is 11.1 Å². The summed E-state index contributed by atoms with van der Waals surface area (Å²) in [4.78, 5) is 26.6. The lowest BCUT2D eigenvalue weighted by atomic mass is 10.2. The molecule has 0 aliphatic rings. The first-order valence-electron chi connectivity index (χ1n) is 6.15. The number of allylic oxidation sites excluding steroid dienone is 1. The Labute approximate surface area is 120 Å². The predicted molar refractivity (Wildman–Crippen MR) is 80.2 cm³/mol. The Bertz CT molecular complexity index is 676. The van der Waals surface area contributed by atoms with Crippen LogP contribution in [0.4, 0.5) is 0 Å². The average Bonchev–Trinajstić information content (AvgIpc) is 2.78. The van der Waals surface area contributed by atoms with Gasteiger partial charge >= 0.3 is 0 Å². The van der Waals surface area contributed by atoms with Crippen molar-refractivity contribution in [3.8, 4) is 0 Å². The molecule has 0 aliphatic carbocycles. The van der Waals surface area contributed by atoms with Gasteiger partial charge in [-0.1, -0.05) is 18.2 Å². The van der Waals surface area contributed by atoms with Crippen LogP contribution in [0, 0.1) is 0 Å². The molecule has 0 atom stereocenters. The summed E-state index contributed by atoms with van der Waals surface area (Å²) >= 11 is 1.48. The molecule has 1 aromatic carbocycles. The van der Waals surface area contributed by atoms with Gasteiger partial charge in [-0.3, -0.25) is 9.59 Å². The maximum Gasteiger partial charge on any atom is 0.236 e. The highest BCUT2D eigenvalue weighted by Crippen LogP contribution is 2.24. The first kappa shape index (κ1) is 14.2. The van der Waals surface area contributed by atoms with Crippen LogP contribution in [0.3, 0.4) is 0 Å². The Kier molecular flexibility index (Phi) is 4.47. The Balaban J connectivity index is 2.11. The Morgan fingerprint density at radius 3 is 2.95 bits per heavy atom. The van der Waals surface area contributed by atoms with Crippen LogP contribution in [0.1, 0.15) is 17.5 Å². The number of benzene rings is 1. The molecular weight excluding hydrogens is 274 g/mol. The molecule has 0 spiro atoms. The molecule has 1 heterocycles. The van der Waals surface area contributed by atoms with E-state index in [2.05, 4.69) is 10.3 Å². The van der Waals surface area contributed by atoms with E-state index >= 15 is 0 Å². The largest absolute Gasteiger partial charge is 0.368 e. The number of primary amides is 1. The lowest BCUT2D eigenvalue weighted by molar-refractivity contribution is -0.124. The fourth-order valence-corrected chi connectivity index (χ4v) is 2.76. The third-order valence-corrected chi connectivity index (χ3v) is 3.61. The number of thiazole rings is 1. The van der Waals surface area contributed by atoms with Crippen molar-refractivity contribution in [2.24, 2.45) is 5.73 Å². The van der Waals surface area contributed by atoms with Crippen LogP contribution >= 0.6 is 11.3 Å². The third-order valence-electron chi connectivity index (χ3n) is 2.59. The van der Waals surface area contributed by atoms with Gasteiger partial charge in [0.15, 0.2) is 0 Å². The summed E-state index contributed by atoms with van der Waals surface area (Å²) < 4.78 is 1.04. The molecule has 104 valence electrons. The predicted octanol–water partition coefficient (Wildman–Crippen LogP) is 1.47. The summed E-state index contributed by atoms with van der Waals surface area (Å²) in [6.45, 7) is 1.82. The smallest absolute Gasteiger partial charge is 0.236 e. The van der Waals surface area contributed by atoms with Gasteiger partial charge in [-0.05, 0) is 24.6 Å². The van der Waals surface area contributed by atoms with Crippen molar-refractivity contribution >= 4 is 39.4 Å². The Morgan fingerprint density at radius 2 is 2.25 bits per heavy atom. The van der Waals surface area contributed by atoms with Crippen LogP contribution in [-0.2, 0) is 16.0 Å². The lowest BCUT2D eigenvalue weighted by Gasteiger charge is -1.99. The number of hydrogen-bond acceptors (Lipinski definition) is 4. The third kappa shape index (κ3) is 3.64. The van der Waals surface area contributed by atoms with E-state index in [1.54, 1.807) is 0 Å². The number of nitrogens with one attached hydrogen (secondary N) is 1. The molecule has 0 radical (unpaired) electrons. The maximum atomic E-state index is 11.6. The number of fused-ring (bicyclic) bond motifs is 1. The number of nitrogens with zero attached hydrogens (tertiary/aromatic N) is 1. The van der Waals surface area contributed by atoms with Gasteiger partial charge in [-0.15, -0.1) is 11.3 Å². The summed E-state index contributed by atoms with van der Waals surface area (Å²) in [6, 6.07) is 5.96. The molecule has 0 bridgehead atoms. The topological polar surface area (TPSA) is 85.1 Å². The summed E-state index contributed by atoms with van der Waals surface area (Å²) in [6.07, 6.45) is 4.14.